The van der Waals surface area contributed by atoms with Gasteiger partial charge in [-0.25, -0.2) is 4.98 Å². The van der Waals surface area contributed by atoms with E-state index in [1.807, 2.05) is 0 Å². The number of hydrogen-bond acceptors (Lipinski definition) is 4. The van der Waals surface area contributed by atoms with Crippen LogP contribution < -0.4 is 10.6 Å². The average molecular weight is 323 g/mol. The number of guanidine groups is 1. The number of aryl methyl sites for hydroxylation is 1. The van der Waals surface area contributed by atoms with Crippen LogP contribution in [0.25, 0.3) is 0 Å². The summed E-state index contributed by atoms with van der Waals surface area (Å²) in [4.78, 5) is 10.2. The fourth-order valence-electron chi connectivity index (χ4n) is 1.91. The molecule has 2 heterocycles. The lowest BCUT2D eigenvalue weighted by Gasteiger charge is -2.14. The molecule has 0 aliphatic rings. The molecule has 0 saturated carbocycles. The fourth-order valence-corrected chi connectivity index (χ4v) is 3.44. The summed E-state index contributed by atoms with van der Waals surface area (Å²) in [5.41, 5.74) is 1.08. The predicted octanol–water partition coefficient (Wildman–Crippen LogP) is 3.24. The molecule has 0 spiro atoms. The molecular formula is C15H22N4S2. The standard InChI is InChI=1S/C15H22N4S2/c1-4-14-19-12(10-21-14)9-18-15(16-3)17-8-11(2)13-6-5-7-20-13/h5-7,10-11H,4,8-9H2,1-3H3,(H2,16,17,18). The van der Waals surface area contributed by atoms with Gasteiger partial charge in [0, 0.05) is 29.8 Å². The Morgan fingerprint density at radius 3 is 2.86 bits per heavy atom. The molecule has 0 aliphatic heterocycles. The first kappa shape index (κ1) is 16.0. The van der Waals surface area contributed by atoms with Crippen molar-refractivity contribution >= 4 is 28.6 Å². The summed E-state index contributed by atoms with van der Waals surface area (Å²) < 4.78 is 0. The highest BCUT2D eigenvalue weighted by Crippen LogP contribution is 2.19. The smallest absolute Gasteiger partial charge is 0.191 e. The molecule has 2 aromatic rings. The zero-order valence-corrected chi connectivity index (χ0v) is 14.4. The van der Waals surface area contributed by atoms with Crippen molar-refractivity contribution in [2.45, 2.75) is 32.7 Å². The minimum atomic E-state index is 0.481. The summed E-state index contributed by atoms with van der Waals surface area (Å²) in [5, 5.41) is 12.1. The van der Waals surface area contributed by atoms with Crippen molar-refractivity contribution in [3.8, 4) is 0 Å². The Labute approximate surface area is 134 Å². The van der Waals surface area contributed by atoms with Gasteiger partial charge in [0.2, 0.25) is 0 Å². The highest BCUT2D eigenvalue weighted by atomic mass is 32.1. The van der Waals surface area contributed by atoms with E-state index in [0.29, 0.717) is 12.5 Å². The normalized spacial score (nSPS) is 13.2. The second kappa shape index (κ2) is 8.14. The molecule has 0 radical (unpaired) electrons. The third-order valence-electron chi connectivity index (χ3n) is 3.17. The number of thiophene rings is 1. The van der Waals surface area contributed by atoms with E-state index >= 15 is 0 Å². The van der Waals surface area contributed by atoms with Crippen LogP contribution in [-0.4, -0.2) is 24.5 Å². The minimum absolute atomic E-state index is 0.481. The van der Waals surface area contributed by atoms with Crippen LogP contribution >= 0.6 is 22.7 Å². The topological polar surface area (TPSA) is 49.3 Å². The highest BCUT2D eigenvalue weighted by molar-refractivity contribution is 7.10. The van der Waals surface area contributed by atoms with Crippen molar-refractivity contribution in [1.82, 2.24) is 15.6 Å². The van der Waals surface area contributed by atoms with Crippen LogP contribution in [0.3, 0.4) is 0 Å². The number of aliphatic imine (C=N–C) groups is 1. The molecule has 0 saturated heterocycles. The monoisotopic (exact) mass is 322 g/mol. The number of hydrogen-bond donors (Lipinski definition) is 2. The Morgan fingerprint density at radius 2 is 2.24 bits per heavy atom. The number of nitrogens with one attached hydrogen (secondary N) is 2. The first-order valence-electron chi connectivity index (χ1n) is 7.14. The fraction of sp³-hybridized carbons (Fsp3) is 0.467. The maximum absolute atomic E-state index is 4.55. The Kier molecular flexibility index (Phi) is 6.20. The van der Waals surface area contributed by atoms with Crippen LogP contribution in [0, 0.1) is 0 Å². The van der Waals surface area contributed by atoms with Gasteiger partial charge in [-0.2, -0.15) is 0 Å². The van der Waals surface area contributed by atoms with Gasteiger partial charge in [0.05, 0.1) is 17.2 Å². The molecule has 2 rings (SSSR count). The number of thiazole rings is 1. The van der Waals surface area contributed by atoms with E-state index in [0.717, 1.165) is 24.6 Å². The second-order valence-corrected chi connectivity index (χ2v) is 6.73. The Bertz CT molecular complexity index is 560. The molecule has 2 aromatic heterocycles. The summed E-state index contributed by atoms with van der Waals surface area (Å²) in [5.74, 6) is 1.30. The van der Waals surface area contributed by atoms with Gasteiger partial charge < -0.3 is 10.6 Å². The van der Waals surface area contributed by atoms with Crippen molar-refractivity contribution in [3.05, 3.63) is 38.5 Å². The summed E-state index contributed by atoms with van der Waals surface area (Å²) >= 11 is 3.51. The van der Waals surface area contributed by atoms with Crippen LogP contribution in [0.5, 0.6) is 0 Å². The van der Waals surface area contributed by atoms with Crippen molar-refractivity contribution in [2.24, 2.45) is 4.99 Å². The molecular weight excluding hydrogens is 300 g/mol. The molecule has 0 amide bonds. The molecule has 4 nitrogen and oxygen atoms in total. The molecule has 6 heteroatoms. The van der Waals surface area contributed by atoms with Gasteiger partial charge in [0.15, 0.2) is 5.96 Å². The maximum atomic E-state index is 4.55. The molecule has 21 heavy (non-hydrogen) atoms. The first-order valence-corrected chi connectivity index (χ1v) is 8.90. The second-order valence-electron chi connectivity index (χ2n) is 4.81. The van der Waals surface area contributed by atoms with Crippen LogP contribution in [-0.2, 0) is 13.0 Å². The van der Waals surface area contributed by atoms with Crippen molar-refractivity contribution in [1.29, 1.82) is 0 Å². The van der Waals surface area contributed by atoms with E-state index in [1.54, 1.807) is 29.7 Å². The summed E-state index contributed by atoms with van der Waals surface area (Å²) in [6.07, 6.45) is 0.996. The van der Waals surface area contributed by atoms with Gasteiger partial charge in [-0.15, -0.1) is 22.7 Å². The lowest BCUT2D eigenvalue weighted by molar-refractivity contribution is 0.706. The van der Waals surface area contributed by atoms with E-state index in [2.05, 4.69) is 57.4 Å². The molecule has 1 atom stereocenters. The predicted molar refractivity (Wildman–Crippen MR) is 92.4 cm³/mol. The van der Waals surface area contributed by atoms with Crippen molar-refractivity contribution < 1.29 is 0 Å². The molecule has 0 bridgehead atoms. The number of rotatable bonds is 6. The molecule has 1 unspecified atom stereocenters. The largest absolute Gasteiger partial charge is 0.356 e. The highest BCUT2D eigenvalue weighted by Gasteiger charge is 2.08. The van der Waals surface area contributed by atoms with Crippen LogP contribution in [0.2, 0.25) is 0 Å². The quantitative estimate of drug-likeness (QED) is 0.634. The van der Waals surface area contributed by atoms with Crippen molar-refractivity contribution in [2.75, 3.05) is 13.6 Å². The Hall–Kier alpha value is -1.40. The average Bonchev–Trinajstić information content (AvgIpc) is 3.18. The number of nitrogens with zero attached hydrogens (tertiary/aromatic N) is 2. The van der Waals surface area contributed by atoms with Gasteiger partial charge in [-0.05, 0) is 17.9 Å². The third kappa shape index (κ3) is 4.82. The van der Waals surface area contributed by atoms with E-state index in [1.165, 1.54) is 9.88 Å². The van der Waals surface area contributed by atoms with Gasteiger partial charge in [-0.1, -0.05) is 19.9 Å². The molecule has 2 N–H and O–H groups in total. The summed E-state index contributed by atoms with van der Waals surface area (Å²) in [6, 6.07) is 4.27. The number of aromatic nitrogens is 1. The zero-order chi connectivity index (χ0) is 15.1. The molecule has 114 valence electrons. The SMILES string of the molecule is CCc1nc(CNC(=NC)NCC(C)c2cccs2)cs1. The lowest BCUT2D eigenvalue weighted by atomic mass is 10.1. The molecule has 0 aliphatic carbocycles. The van der Waals surface area contributed by atoms with Gasteiger partial charge in [0.1, 0.15) is 0 Å². The van der Waals surface area contributed by atoms with Crippen LogP contribution in [0.4, 0.5) is 0 Å². The van der Waals surface area contributed by atoms with Gasteiger partial charge in [-0.3, -0.25) is 4.99 Å². The van der Waals surface area contributed by atoms with Gasteiger partial charge >= 0.3 is 0 Å². The zero-order valence-electron chi connectivity index (χ0n) is 12.7. The van der Waals surface area contributed by atoms with E-state index in [4.69, 9.17) is 0 Å². The molecule has 0 fully saturated rings. The van der Waals surface area contributed by atoms with E-state index in [9.17, 15) is 0 Å². The minimum Gasteiger partial charge on any atom is -0.356 e. The molecule has 0 aromatic carbocycles. The Balaban J connectivity index is 1.78. The Morgan fingerprint density at radius 1 is 1.38 bits per heavy atom. The summed E-state index contributed by atoms with van der Waals surface area (Å²) in [7, 11) is 1.80. The maximum Gasteiger partial charge on any atom is 0.191 e. The van der Waals surface area contributed by atoms with E-state index in [-0.39, 0.29) is 0 Å². The van der Waals surface area contributed by atoms with Crippen LogP contribution in [0.15, 0.2) is 27.9 Å². The first-order chi connectivity index (χ1) is 10.2. The third-order valence-corrected chi connectivity index (χ3v) is 5.31. The van der Waals surface area contributed by atoms with Crippen LogP contribution in [0.1, 0.15) is 35.3 Å². The van der Waals surface area contributed by atoms with Gasteiger partial charge in [0.25, 0.3) is 0 Å². The summed E-state index contributed by atoms with van der Waals surface area (Å²) in [6.45, 7) is 5.93. The van der Waals surface area contributed by atoms with Crippen molar-refractivity contribution in [3.63, 3.8) is 0 Å². The van der Waals surface area contributed by atoms with E-state index < -0.39 is 0 Å². The lowest BCUT2D eigenvalue weighted by Crippen LogP contribution is -2.38.